The molecule has 2 nitrogen and oxygen atoms in total. The summed E-state index contributed by atoms with van der Waals surface area (Å²) in [5.74, 6) is 0. The highest BCUT2D eigenvalue weighted by Gasteiger charge is 1.99. The zero-order valence-electron chi connectivity index (χ0n) is 6.29. The van der Waals surface area contributed by atoms with Crippen molar-refractivity contribution in [1.29, 1.82) is 0 Å². The predicted molar refractivity (Wildman–Crippen MR) is 53.9 cm³/mol. The third kappa shape index (κ3) is 1.06. The number of halogens is 1. The molecule has 0 saturated heterocycles. The molecule has 0 radical (unpaired) electrons. The van der Waals surface area contributed by atoms with Gasteiger partial charge < -0.3 is 5.73 Å². The normalized spacial score (nSPS) is 10.4. The lowest BCUT2D eigenvalue weighted by Crippen LogP contribution is -1.88. The quantitative estimate of drug-likeness (QED) is 0.745. The van der Waals surface area contributed by atoms with E-state index >= 15 is 0 Å². The van der Waals surface area contributed by atoms with Crippen molar-refractivity contribution < 1.29 is 0 Å². The van der Waals surface area contributed by atoms with Gasteiger partial charge in [-0.2, -0.15) is 0 Å². The number of aromatic nitrogens is 1. The fourth-order valence-corrected chi connectivity index (χ4v) is 1.65. The molecule has 0 spiro atoms. The summed E-state index contributed by atoms with van der Waals surface area (Å²) in [6.07, 6.45) is 3.46. The maximum Gasteiger partial charge on any atom is 0.0580 e. The molecule has 0 atom stereocenters. The third-order valence-electron chi connectivity index (χ3n) is 1.78. The van der Waals surface area contributed by atoms with Crippen LogP contribution in [0, 0.1) is 0 Å². The first-order valence-electron chi connectivity index (χ1n) is 3.57. The van der Waals surface area contributed by atoms with E-state index in [0.717, 1.165) is 15.2 Å². The summed E-state index contributed by atoms with van der Waals surface area (Å²) >= 11 is 3.44. The van der Waals surface area contributed by atoms with Crippen LogP contribution < -0.4 is 5.73 Å². The molecule has 0 bridgehead atoms. The maximum absolute atomic E-state index is 5.74. The molecule has 1 aromatic carbocycles. The summed E-state index contributed by atoms with van der Waals surface area (Å²) in [6, 6.07) is 5.92. The van der Waals surface area contributed by atoms with Crippen LogP contribution in [0.2, 0.25) is 0 Å². The molecule has 0 aliphatic carbocycles. The van der Waals surface area contributed by atoms with Gasteiger partial charge in [-0.1, -0.05) is 28.1 Å². The minimum absolute atomic E-state index is 0.716. The average Bonchev–Trinajstić information content (AvgIpc) is 2.07. The van der Waals surface area contributed by atoms with Gasteiger partial charge in [-0.05, 0) is 6.07 Å². The number of fused-ring (bicyclic) bond motifs is 1. The summed E-state index contributed by atoms with van der Waals surface area (Å²) in [6.45, 7) is 0. The second kappa shape index (κ2) is 2.75. The van der Waals surface area contributed by atoms with E-state index in [1.165, 1.54) is 0 Å². The van der Waals surface area contributed by atoms with Gasteiger partial charge in [-0.15, -0.1) is 0 Å². The second-order valence-corrected chi connectivity index (χ2v) is 3.42. The van der Waals surface area contributed by atoms with Crippen molar-refractivity contribution in [2.45, 2.75) is 0 Å². The van der Waals surface area contributed by atoms with Crippen molar-refractivity contribution in [2.24, 2.45) is 0 Å². The molecule has 12 heavy (non-hydrogen) atoms. The molecule has 1 heterocycles. The van der Waals surface area contributed by atoms with Crippen molar-refractivity contribution in [1.82, 2.24) is 4.98 Å². The Bertz CT molecular complexity index is 385. The third-order valence-corrected chi connectivity index (χ3v) is 2.47. The SMILES string of the molecule is Nc1cncc2c(Br)cccc12. The lowest BCUT2D eigenvalue weighted by atomic mass is 10.1. The monoisotopic (exact) mass is 222 g/mol. The van der Waals surface area contributed by atoms with Gasteiger partial charge in [0.25, 0.3) is 0 Å². The summed E-state index contributed by atoms with van der Waals surface area (Å²) in [4.78, 5) is 4.02. The molecule has 60 valence electrons. The highest BCUT2D eigenvalue weighted by Crippen LogP contribution is 2.26. The van der Waals surface area contributed by atoms with Crippen molar-refractivity contribution >= 4 is 32.4 Å². The number of pyridine rings is 1. The molecule has 1 aromatic heterocycles. The zero-order chi connectivity index (χ0) is 8.55. The Morgan fingerprint density at radius 2 is 2.00 bits per heavy atom. The van der Waals surface area contributed by atoms with Crippen LogP contribution in [-0.2, 0) is 0 Å². The van der Waals surface area contributed by atoms with E-state index < -0.39 is 0 Å². The van der Waals surface area contributed by atoms with Crippen LogP contribution >= 0.6 is 15.9 Å². The van der Waals surface area contributed by atoms with Crippen molar-refractivity contribution in [3.05, 3.63) is 35.1 Å². The number of benzene rings is 1. The highest BCUT2D eigenvalue weighted by atomic mass is 79.9. The van der Waals surface area contributed by atoms with Crippen LogP contribution in [0.3, 0.4) is 0 Å². The standard InChI is InChI=1S/C9H7BrN2/c10-8-3-1-2-6-7(8)4-12-5-9(6)11/h1-5H,11H2. The van der Waals surface area contributed by atoms with Gasteiger partial charge in [0.05, 0.1) is 11.9 Å². The molecule has 0 saturated carbocycles. The number of hydrogen-bond acceptors (Lipinski definition) is 2. The number of nitrogens with two attached hydrogens (primary N) is 1. The van der Waals surface area contributed by atoms with Gasteiger partial charge in [0.15, 0.2) is 0 Å². The molecular weight excluding hydrogens is 216 g/mol. The maximum atomic E-state index is 5.74. The van der Waals surface area contributed by atoms with Crippen LogP contribution in [0.15, 0.2) is 35.1 Å². The Morgan fingerprint density at radius 1 is 1.17 bits per heavy atom. The largest absolute Gasteiger partial charge is 0.397 e. The van der Waals surface area contributed by atoms with Crippen molar-refractivity contribution in [3.63, 3.8) is 0 Å². The molecule has 2 aromatic rings. The van der Waals surface area contributed by atoms with E-state index in [0.29, 0.717) is 5.69 Å². The number of hydrogen-bond donors (Lipinski definition) is 1. The van der Waals surface area contributed by atoms with Gasteiger partial charge in [0.1, 0.15) is 0 Å². The Morgan fingerprint density at radius 3 is 2.75 bits per heavy atom. The smallest absolute Gasteiger partial charge is 0.0580 e. The first-order valence-corrected chi connectivity index (χ1v) is 4.36. The van der Waals surface area contributed by atoms with Gasteiger partial charge >= 0.3 is 0 Å². The number of nitrogens with zero attached hydrogens (tertiary/aromatic N) is 1. The Balaban J connectivity index is 2.94. The van der Waals surface area contributed by atoms with E-state index in [4.69, 9.17) is 5.73 Å². The Kier molecular flexibility index (Phi) is 1.73. The van der Waals surface area contributed by atoms with Crippen LogP contribution in [-0.4, -0.2) is 4.98 Å². The molecule has 0 aliphatic rings. The van der Waals surface area contributed by atoms with Crippen LogP contribution in [0.4, 0.5) is 5.69 Å². The van der Waals surface area contributed by atoms with E-state index in [1.54, 1.807) is 12.4 Å². The predicted octanol–water partition coefficient (Wildman–Crippen LogP) is 2.58. The Hall–Kier alpha value is -1.09. The number of nitrogen functional groups attached to an aromatic ring is 1. The van der Waals surface area contributed by atoms with Crippen molar-refractivity contribution in [3.8, 4) is 0 Å². The molecule has 2 N–H and O–H groups in total. The van der Waals surface area contributed by atoms with Gasteiger partial charge in [0, 0.05) is 21.4 Å². The lowest BCUT2D eigenvalue weighted by molar-refractivity contribution is 1.36. The molecular formula is C9H7BrN2. The molecule has 0 fully saturated rings. The molecule has 0 amide bonds. The summed E-state index contributed by atoms with van der Waals surface area (Å²) in [5.41, 5.74) is 6.46. The Labute approximate surface area is 78.5 Å². The first-order chi connectivity index (χ1) is 5.79. The van der Waals surface area contributed by atoms with Crippen LogP contribution in [0.1, 0.15) is 0 Å². The fourth-order valence-electron chi connectivity index (χ4n) is 1.18. The average molecular weight is 223 g/mol. The highest BCUT2D eigenvalue weighted by molar-refractivity contribution is 9.10. The minimum Gasteiger partial charge on any atom is -0.397 e. The van der Waals surface area contributed by atoms with Crippen LogP contribution in [0.5, 0.6) is 0 Å². The fraction of sp³-hybridized carbons (Fsp3) is 0. The van der Waals surface area contributed by atoms with Gasteiger partial charge in [-0.3, -0.25) is 4.98 Å². The first kappa shape index (κ1) is 7.55. The molecule has 3 heteroatoms. The van der Waals surface area contributed by atoms with E-state index in [1.807, 2.05) is 18.2 Å². The number of anilines is 1. The zero-order valence-corrected chi connectivity index (χ0v) is 7.88. The minimum atomic E-state index is 0.716. The molecule has 0 unspecified atom stereocenters. The van der Waals surface area contributed by atoms with E-state index in [9.17, 15) is 0 Å². The number of rotatable bonds is 0. The van der Waals surface area contributed by atoms with Crippen molar-refractivity contribution in [2.75, 3.05) is 5.73 Å². The van der Waals surface area contributed by atoms with E-state index in [2.05, 4.69) is 20.9 Å². The van der Waals surface area contributed by atoms with Crippen LogP contribution in [0.25, 0.3) is 10.8 Å². The summed E-state index contributed by atoms with van der Waals surface area (Å²) in [5, 5.41) is 2.09. The summed E-state index contributed by atoms with van der Waals surface area (Å²) in [7, 11) is 0. The van der Waals surface area contributed by atoms with Gasteiger partial charge in [-0.25, -0.2) is 0 Å². The molecule has 2 rings (SSSR count). The van der Waals surface area contributed by atoms with E-state index in [-0.39, 0.29) is 0 Å². The summed E-state index contributed by atoms with van der Waals surface area (Å²) < 4.78 is 1.03. The van der Waals surface area contributed by atoms with Gasteiger partial charge in [0.2, 0.25) is 0 Å². The second-order valence-electron chi connectivity index (χ2n) is 2.56. The lowest BCUT2D eigenvalue weighted by Gasteiger charge is -2.01. The topological polar surface area (TPSA) is 38.9 Å². The molecule has 0 aliphatic heterocycles.